The van der Waals surface area contributed by atoms with Crippen LogP contribution in [0.3, 0.4) is 0 Å². The number of ether oxygens (including phenoxy) is 1. The summed E-state index contributed by atoms with van der Waals surface area (Å²) in [6.07, 6.45) is 1.24. The summed E-state index contributed by atoms with van der Waals surface area (Å²) in [4.78, 5) is 30.7. The quantitative estimate of drug-likeness (QED) is 0.251. The molecule has 0 spiro atoms. The highest BCUT2D eigenvalue weighted by Crippen LogP contribution is 2.38. The van der Waals surface area contributed by atoms with Gasteiger partial charge in [-0.3, -0.25) is 14.8 Å². The van der Waals surface area contributed by atoms with Crippen LogP contribution in [0.15, 0.2) is 53.6 Å². The van der Waals surface area contributed by atoms with E-state index in [2.05, 4.69) is 53.2 Å². The van der Waals surface area contributed by atoms with Gasteiger partial charge in [0.2, 0.25) is 5.91 Å². The van der Waals surface area contributed by atoms with E-state index >= 15 is 0 Å². The van der Waals surface area contributed by atoms with E-state index in [0.717, 1.165) is 31.5 Å². The average molecular weight is 541 g/mol. The fourth-order valence-electron chi connectivity index (χ4n) is 3.16. The third-order valence-corrected chi connectivity index (χ3v) is 7.35. The monoisotopic (exact) mass is 540 g/mol. The van der Waals surface area contributed by atoms with Gasteiger partial charge in [0.05, 0.1) is 11.0 Å². The van der Waals surface area contributed by atoms with Crippen LogP contribution < -0.4 is 15.4 Å². The van der Waals surface area contributed by atoms with E-state index < -0.39 is 6.09 Å². The Morgan fingerprint density at radius 2 is 1.76 bits per heavy atom. The van der Waals surface area contributed by atoms with Crippen LogP contribution >= 0.6 is 23.3 Å². The van der Waals surface area contributed by atoms with Gasteiger partial charge in [0.25, 0.3) is 0 Å². The van der Waals surface area contributed by atoms with Crippen LogP contribution in [0.2, 0.25) is 0 Å². The third-order valence-electron chi connectivity index (χ3n) is 5.00. The van der Waals surface area contributed by atoms with E-state index in [1.54, 1.807) is 23.3 Å². The highest BCUT2D eigenvalue weighted by Gasteiger charge is 2.16. The Kier molecular flexibility index (Phi) is 9.75. The summed E-state index contributed by atoms with van der Waals surface area (Å²) in [6.45, 7) is 14.3. The van der Waals surface area contributed by atoms with Crippen molar-refractivity contribution >= 4 is 41.0 Å². The number of benzene rings is 2. The lowest BCUT2D eigenvalue weighted by Gasteiger charge is -2.21. The second kappa shape index (κ2) is 12.6. The van der Waals surface area contributed by atoms with E-state index in [4.69, 9.17) is 4.74 Å². The van der Waals surface area contributed by atoms with Gasteiger partial charge in [0.15, 0.2) is 0 Å². The number of carbonyl (C=O) groups excluding carboxylic acids is 2. The summed E-state index contributed by atoms with van der Waals surface area (Å²) in [6, 6.07) is 13.8. The number of carbonyl (C=O) groups is 2. The molecular formula is C28H36N4O3S2. The molecule has 3 rings (SSSR count). The minimum atomic E-state index is -0.472. The molecule has 2 amide bonds. The zero-order valence-electron chi connectivity index (χ0n) is 22.5. The van der Waals surface area contributed by atoms with Gasteiger partial charge < -0.3 is 10.1 Å². The first-order chi connectivity index (χ1) is 17.4. The van der Waals surface area contributed by atoms with E-state index in [-0.39, 0.29) is 23.5 Å². The van der Waals surface area contributed by atoms with Crippen molar-refractivity contribution in [2.24, 2.45) is 5.92 Å². The van der Waals surface area contributed by atoms with Crippen molar-refractivity contribution in [2.75, 3.05) is 5.32 Å². The molecule has 0 radical (unpaired) electrons. The van der Waals surface area contributed by atoms with Crippen molar-refractivity contribution in [2.45, 2.75) is 71.5 Å². The molecule has 0 unspecified atom stereocenters. The lowest BCUT2D eigenvalue weighted by molar-refractivity contribution is -0.124. The van der Waals surface area contributed by atoms with Crippen LogP contribution in [-0.4, -0.2) is 28.6 Å². The molecule has 0 saturated heterocycles. The van der Waals surface area contributed by atoms with E-state index in [9.17, 15) is 9.59 Å². The zero-order chi connectivity index (χ0) is 27.2. The minimum absolute atomic E-state index is 0.0382. The molecule has 37 heavy (non-hydrogen) atoms. The summed E-state index contributed by atoms with van der Waals surface area (Å²) in [7, 11) is 0. The van der Waals surface area contributed by atoms with Gasteiger partial charge in [0, 0.05) is 45.9 Å². The Bertz CT molecular complexity index is 1210. The van der Waals surface area contributed by atoms with E-state index in [0.29, 0.717) is 12.2 Å². The molecule has 3 aromatic rings. The average Bonchev–Trinajstić information content (AvgIpc) is 3.30. The first-order valence-corrected chi connectivity index (χ1v) is 13.9. The fourth-order valence-corrected chi connectivity index (χ4v) is 5.10. The number of anilines is 1. The Hall–Kier alpha value is -2.88. The number of thiazole rings is 1. The third kappa shape index (κ3) is 8.87. The molecule has 0 bridgehead atoms. The molecule has 0 atom stereocenters. The van der Waals surface area contributed by atoms with Crippen molar-refractivity contribution in [3.8, 4) is 21.0 Å². The van der Waals surface area contributed by atoms with Gasteiger partial charge in [0.1, 0.15) is 5.01 Å². The number of nitrogens with one attached hydrogen (secondary N) is 3. The molecule has 3 N–H and O–H groups in total. The van der Waals surface area contributed by atoms with Crippen LogP contribution in [0.25, 0.3) is 21.0 Å². The zero-order valence-corrected chi connectivity index (χ0v) is 24.1. The number of rotatable bonds is 9. The minimum Gasteiger partial charge on any atom is -0.447 e. The van der Waals surface area contributed by atoms with Crippen molar-refractivity contribution in [3.05, 3.63) is 54.2 Å². The maximum Gasteiger partial charge on any atom is 0.411 e. The number of nitrogens with zero attached hydrogens (tertiary/aromatic N) is 1. The van der Waals surface area contributed by atoms with Crippen molar-refractivity contribution in [3.63, 3.8) is 0 Å². The normalized spacial score (nSPS) is 11.6. The molecule has 2 aromatic carbocycles. The molecule has 198 valence electrons. The van der Waals surface area contributed by atoms with Gasteiger partial charge >= 0.3 is 6.09 Å². The van der Waals surface area contributed by atoms with E-state index in [1.807, 2.05) is 64.2 Å². The first kappa shape index (κ1) is 28.7. The molecule has 0 aliphatic carbocycles. The summed E-state index contributed by atoms with van der Waals surface area (Å²) in [5, 5.41) is 6.62. The van der Waals surface area contributed by atoms with Crippen molar-refractivity contribution in [1.82, 2.24) is 15.0 Å². The first-order valence-electron chi connectivity index (χ1n) is 12.3. The summed E-state index contributed by atoms with van der Waals surface area (Å²) in [5.74, 6) is -0.0128. The van der Waals surface area contributed by atoms with Crippen molar-refractivity contribution in [1.29, 1.82) is 0 Å². The van der Waals surface area contributed by atoms with Crippen molar-refractivity contribution < 1.29 is 14.3 Å². The summed E-state index contributed by atoms with van der Waals surface area (Å²) < 4.78 is 8.63. The van der Waals surface area contributed by atoms with Gasteiger partial charge in [-0.05, 0) is 82.5 Å². The predicted molar refractivity (Wildman–Crippen MR) is 154 cm³/mol. The molecule has 0 saturated carbocycles. The van der Waals surface area contributed by atoms with Gasteiger partial charge in [-0.2, -0.15) is 0 Å². The topological polar surface area (TPSA) is 92.3 Å². The number of aromatic nitrogens is 1. The maximum absolute atomic E-state index is 12.0. The molecule has 0 fully saturated rings. The predicted octanol–water partition coefficient (Wildman–Crippen LogP) is 7.10. The Morgan fingerprint density at radius 3 is 2.38 bits per heavy atom. The molecule has 1 heterocycles. The second-order valence-corrected chi connectivity index (χ2v) is 12.2. The Balaban J connectivity index is 1.81. The van der Waals surface area contributed by atoms with Gasteiger partial charge in [-0.25, -0.2) is 9.78 Å². The molecular weight excluding hydrogens is 504 g/mol. The summed E-state index contributed by atoms with van der Waals surface area (Å²) >= 11 is 3.19. The molecule has 7 nitrogen and oxygen atoms in total. The lowest BCUT2D eigenvalue weighted by atomic mass is 10.1. The van der Waals surface area contributed by atoms with Crippen LogP contribution in [0.5, 0.6) is 0 Å². The summed E-state index contributed by atoms with van der Waals surface area (Å²) in [5.41, 5.74) is 3.69. The van der Waals surface area contributed by atoms with E-state index in [1.165, 1.54) is 0 Å². The van der Waals surface area contributed by atoms with Crippen LogP contribution in [0.1, 0.15) is 54.0 Å². The lowest BCUT2D eigenvalue weighted by Crippen LogP contribution is -2.30. The number of amides is 2. The van der Waals surface area contributed by atoms with Crippen LogP contribution in [0.4, 0.5) is 10.5 Å². The highest BCUT2D eigenvalue weighted by molar-refractivity contribution is 7.97. The van der Waals surface area contributed by atoms with Gasteiger partial charge in [-0.1, -0.05) is 26.0 Å². The SMILES string of the molecule is CC(C)OC(=O)Nc1ccc(-c2ncc(-c3ccc(CNC(=O)C(C)C)cc3SNC(C)(C)C)s2)cc1. The Morgan fingerprint density at radius 1 is 1.05 bits per heavy atom. The van der Waals surface area contributed by atoms with Gasteiger partial charge in [-0.15, -0.1) is 11.3 Å². The smallest absolute Gasteiger partial charge is 0.411 e. The standard InChI is InChI=1S/C28H36N4O3S2/c1-17(2)25(33)29-15-19-8-13-22(23(14-19)37-32-28(5,6)7)24-16-30-26(36-24)20-9-11-21(12-10-20)31-27(34)35-18(3)4/h8-14,16-18,32H,15H2,1-7H3,(H,29,33)(H,31,34). The molecule has 0 aliphatic heterocycles. The number of hydrogen-bond acceptors (Lipinski definition) is 7. The largest absolute Gasteiger partial charge is 0.447 e. The van der Waals surface area contributed by atoms with Crippen LogP contribution in [-0.2, 0) is 16.1 Å². The number of hydrogen-bond donors (Lipinski definition) is 3. The second-order valence-electron chi connectivity index (χ2n) is 10.3. The Labute approximate surface area is 227 Å². The highest BCUT2D eigenvalue weighted by atomic mass is 32.2. The van der Waals surface area contributed by atoms with Crippen LogP contribution in [0, 0.1) is 5.92 Å². The maximum atomic E-state index is 12.0. The molecule has 0 aliphatic rings. The fraction of sp³-hybridized carbons (Fsp3) is 0.393. The molecule has 1 aromatic heterocycles. The molecule has 9 heteroatoms.